The summed E-state index contributed by atoms with van der Waals surface area (Å²) in [6.07, 6.45) is 1.59. The smallest absolute Gasteiger partial charge is 0.143 e. The summed E-state index contributed by atoms with van der Waals surface area (Å²) in [5.41, 5.74) is 5.45. The average molecular weight is 232 g/mol. The zero-order valence-corrected chi connectivity index (χ0v) is 10.2. The van der Waals surface area contributed by atoms with Gasteiger partial charge in [0.15, 0.2) is 0 Å². The van der Waals surface area contributed by atoms with E-state index in [1.54, 1.807) is 11.0 Å². The maximum atomic E-state index is 3.87. The van der Waals surface area contributed by atoms with Gasteiger partial charge in [0, 0.05) is 20.1 Å². The average Bonchev–Trinajstić information content (AvgIpc) is 2.82. The summed E-state index contributed by atoms with van der Waals surface area (Å²) in [4.78, 5) is 0. The molecule has 1 aromatic heterocycles. The Kier molecular flexibility index (Phi) is 3.46. The second-order valence-electron chi connectivity index (χ2n) is 4.09. The molecule has 90 valence electrons. The Morgan fingerprint density at radius 3 is 2.82 bits per heavy atom. The Labute approximate surface area is 100 Å². The van der Waals surface area contributed by atoms with Crippen molar-refractivity contribution in [2.24, 2.45) is 0 Å². The molecule has 2 rings (SSSR count). The van der Waals surface area contributed by atoms with Gasteiger partial charge in [-0.2, -0.15) is 0 Å². The van der Waals surface area contributed by atoms with Gasteiger partial charge in [0.1, 0.15) is 6.33 Å². The van der Waals surface area contributed by atoms with E-state index in [1.807, 2.05) is 31.2 Å². The summed E-state index contributed by atoms with van der Waals surface area (Å²) in [5.74, 6) is 0. The van der Waals surface area contributed by atoms with Gasteiger partial charge in [-0.15, -0.1) is 5.10 Å². The van der Waals surface area contributed by atoms with Crippen molar-refractivity contribution >= 4 is 0 Å². The molecule has 0 fully saturated rings. The van der Waals surface area contributed by atoms with Crippen molar-refractivity contribution in [1.82, 2.24) is 30.6 Å². The molecule has 0 bridgehead atoms. The normalized spacial score (nSPS) is 12.9. The zero-order valence-electron chi connectivity index (χ0n) is 10.2. The lowest BCUT2D eigenvalue weighted by Gasteiger charge is -2.20. The second kappa shape index (κ2) is 5.03. The number of tetrazole rings is 1. The molecule has 0 aliphatic rings. The molecule has 0 aliphatic heterocycles. The van der Waals surface area contributed by atoms with E-state index in [9.17, 15) is 0 Å². The minimum absolute atomic E-state index is 0.237. The van der Waals surface area contributed by atoms with Crippen molar-refractivity contribution in [3.8, 4) is 5.69 Å². The highest BCUT2D eigenvalue weighted by molar-refractivity contribution is 5.35. The minimum Gasteiger partial charge on any atom is -0.250 e. The second-order valence-corrected chi connectivity index (χ2v) is 4.09. The molecule has 17 heavy (non-hydrogen) atoms. The highest BCUT2D eigenvalue weighted by Crippen LogP contribution is 2.15. The number of hydrogen-bond donors (Lipinski definition) is 1. The van der Waals surface area contributed by atoms with Gasteiger partial charge in [0.05, 0.1) is 5.69 Å². The van der Waals surface area contributed by atoms with Crippen LogP contribution in [0.2, 0.25) is 0 Å². The van der Waals surface area contributed by atoms with Gasteiger partial charge < -0.3 is 0 Å². The lowest BCUT2D eigenvalue weighted by atomic mass is 10.1. The Morgan fingerprint density at radius 2 is 2.18 bits per heavy atom. The monoisotopic (exact) mass is 232 g/mol. The van der Waals surface area contributed by atoms with Crippen LogP contribution >= 0.6 is 0 Å². The van der Waals surface area contributed by atoms with Crippen molar-refractivity contribution in [2.45, 2.75) is 13.0 Å². The summed E-state index contributed by atoms with van der Waals surface area (Å²) in [7, 11) is 3.95. The number of benzene rings is 1. The first kappa shape index (κ1) is 11.7. The molecule has 0 radical (unpaired) electrons. The summed E-state index contributed by atoms with van der Waals surface area (Å²) in [6.45, 7) is 2.11. The standard InChI is InChI=1S/C11H16N6/c1-9(13-16(2)3)10-5-4-6-11(7-10)17-8-12-14-15-17/h4-9,13H,1-3H3. The predicted octanol–water partition coefficient (Wildman–Crippen LogP) is 0.789. The first-order valence-corrected chi connectivity index (χ1v) is 5.43. The predicted molar refractivity (Wildman–Crippen MR) is 64.4 cm³/mol. The van der Waals surface area contributed by atoms with Gasteiger partial charge >= 0.3 is 0 Å². The SMILES string of the molecule is CC(NN(C)C)c1cccc(-n2cnnn2)c1. The molecule has 2 aromatic rings. The first-order valence-electron chi connectivity index (χ1n) is 5.43. The van der Waals surface area contributed by atoms with Crippen LogP contribution in [0.1, 0.15) is 18.5 Å². The summed E-state index contributed by atoms with van der Waals surface area (Å²) < 4.78 is 1.64. The minimum atomic E-state index is 0.237. The van der Waals surface area contributed by atoms with Crippen LogP contribution in [0.15, 0.2) is 30.6 Å². The number of rotatable bonds is 4. The van der Waals surface area contributed by atoms with Crippen molar-refractivity contribution in [1.29, 1.82) is 0 Å². The van der Waals surface area contributed by atoms with E-state index in [2.05, 4.69) is 40.0 Å². The number of nitrogens with zero attached hydrogens (tertiary/aromatic N) is 5. The molecule has 1 heterocycles. The quantitative estimate of drug-likeness (QED) is 0.790. The fourth-order valence-corrected chi connectivity index (χ4v) is 1.68. The molecule has 0 spiro atoms. The van der Waals surface area contributed by atoms with Crippen molar-refractivity contribution in [2.75, 3.05) is 14.1 Å². The summed E-state index contributed by atoms with van der Waals surface area (Å²) in [6, 6.07) is 8.36. The molecule has 0 amide bonds. The van der Waals surface area contributed by atoms with Crippen molar-refractivity contribution in [3.63, 3.8) is 0 Å². The third-order valence-electron chi connectivity index (χ3n) is 2.44. The number of hydrogen-bond acceptors (Lipinski definition) is 5. The molecule has 1 aromatic carbocycles. The van der Waals surface area contributed by atoms with Gasteiger partial charge in [0.2, 0.25) is 0 Å². The van der Waals surface area contributed by atoms with Crippen LogP contribution in [0.4, 0.5) is 0 Å². The molecule has 0 saturated carbocycles. The third-order valence-corrected chi connectivity index (χ3v) is 2.44. The summed E-state index contributed by atoms with van der Waals surface area (Å²) >= 11 is 0. The molecular formula is C11H16N6. The van der Waals surface area contributed by atoms with E-state index in [0.29, 0.717) is 0 Å². The van der Waals surface area contributed by atoms with E-state index in [4.69, 9.17) is 0 Å². The van der Waals surface area contributed by atoms with Crippen molar-refractivity contribution in [3.05, 3.63) is 36.2 Å². The number of aromatic nitrogens is 4. The molecule has 0 saturated heterocycles. The lowest BCUT2D eigenvalue weighted by Crippen LogP contribution is -2.32. The van der Waals surface area contributed by atoms with Crippen LogP contribution < -0.4 is 5.43 Å². The van der Waals surface area contributed by atoms with Crippen molar-refractivity contribution < 1.29 is 0 Å². The van der Waals surface area contributed by atoms with Crippen LogP contribution in [0.25, 0.3) is 5.69 Å². The fourth-order valence-electron chi connectivity index (χ4n) is 1.68. The van der Waals surface area contributed by atoms with E-state index in [0.717, 1.165) is 5.69 Å². The van der Waals surface area contributed by atoms with E-state index < -0.39 is 0 Å². The first-order chi connectivity index (χ1) is 8.16. The Morgan fingerprint density at radius 1 is 1.35 bits per heavy atom. The van der Waals surface area contributed by atoms with E-state index >= 15 is 0 Å². The van der Waals surface area contributed by atoms with Crippen LogP contribution in [-0.2, 0) is 0 Å². The van der Waals surface area contributed by atoms with Gasteiger partial charge in [-0.1, -0.05) is 12.1 Å². The van der Waals surface area contributed by atoms with Crippen LogP contribution in [0.3, 0.4) is 0 Å². The molecule has 1 N–H and O–H groups in total. The van der Waals surface area contributed by atoms with Crippen LogP contribution in [0, 0.1) is 0 Å². The van der Waals surface area contributed by atoms with Crippen LogP contribution in [-0.4, -0.2) is 39.3 Å². The fraction of sp³-hybridized carbons (Fsp3) is 0.364. The molecule has 1 unspecified atom stereocenters. The molecule has 0 aliphatic carbocycles. The van der Waals surface area contributed by atoms with Gasteiger partial charge in [-0.25, -0.2) is 10.1 Å². The highest BCUT2D eigenvalue weighted by Gasteiger charge is 2.07. The van der Waals surface area contributed by atoms with Gasteiger partial charge in [0.25, 0.3) is 0 Å². The van der Waals surface area contributed by atoms with Crippen LogP contribution in [0.5, 0.6) is 0 Å². The molecule has 6 nitrogen and oxygen atoms in total. The maximum absolute atomic E-state index is 3.87. The topological polar surface area (TPSA) is 58.9 Å². The van der Waals surface area contributed by atoms with Gasteiger partial charge in [-0.05, 0) is 35.0 Å². The van der Waals surface area contributed by atoms with Gasteiger partial charge in [-0.3, -0.25) is 5.01 Å². The molecular weight excluding hydrogens is 216 g/mol. The Bertz CT molecular complexity index is 465. The number of nitrogens with one attached hydrogen (secondary N) is 1. The Balaban J connectivity index is 2.23. The zero-order chi connectivity index (χ0) is 12.3. The van der Waals surface area contributed by atoms with E-state index in [1.165, 1.54) is 5.56 Å². The highest BCUT2D eigenvalue weighted by atomic mass is 15.5. The maximum Gasteiger partial charge on any atom is 0.143 e. The van der Waals surface area contributed by atoms with E-state index in [-0.39, 0.29) is 6.04 Å². The summed E-state index contributed by atoms with van der Waals surface area (Å²) in [5, 5.41) is 13.1. The lowest BCUT2D eigenvalue weighted by molar-refractivity contribution is 0.252. The number of hydrazine groups is 1. The Hall–Kier alpha value is -1.79. The third kappa shape index (κ3) is 2.86. The molecule has 1 atom stereocenters. The largest absolute Gasteiger partial charge is 0.250 e. The molecule has 6 heteroatoms.